The molecule has 0 heterocycles. The molecule has 0 aliphatic carbocycles. The minimum atomic E-state index is -0.997. The van der Waals surface area contributed by atoms with Crippen LogP contribution in [0.15, 0.2) is 22.3 Å². The normalized spacial score (nSPS) is 13.8. The summed E-state index contributed by atoms with van der Waals surface area (Å²) in [6.45, 7) is 7.02. The number of aliphatic carboxylic acids is 2. The number of carbonyl (C=O) groups is 2. The SMILES string of the molecule is CCCCC(C)=C(CC(C)=C(C)C(=O)O)C(=O)O. The van der Waals surface area contributed by atoms with Crippen molar-refractivity contribution in [1.29, 1.82) is 0 Å². The van der Waals surface area contributed by atoms with Crippen molar-refractivity contribution < 1.29 is 19.8 Å². The number of carboxylic acid groups (broad SMARTS) is 2. The zero-order chi connectivity index (χ0) is 14.3. The molecule has 2 N–H and O–H groups in total. The third-order valence-electron chi connectivity index (χ3n) is 3.08. The average molecular weight is 254 g/mol. The van der Waals surface area contributed by atoms with Crippen LogP contribution in [-0.2, 0) is 9.59 Å². The molecule has 0 rings (SSSR count). The minimum absolute atomic E-state index is 0.197. The Hall–Kier alpha value is -1.58. The second kappa shape index (κ2) is 7.69. The van der Waals surface area contributed by atoms with Crippen molar-refractivity contribution in [3.05, 3.63) is 22.3 Å². The first-order chi connectivity index (χ1) is 8.31. The Balaban J connectivity index is 5.12. The average Bonchev–Trinajstić information content (AvgIpc) is 2.30. The fourth-order valence-corrected chi connectivity index (χ4v) is 1.58. The minimum Gasteiger partial charge on any atom is -0.478 e. The van der Waals surface area contributed by atoms with Crippen LogP contribution in [0.2, 0.25) is 0 Å². The maximum absolute atomic E-state index is 11.2. The Morgan fingerprint density at radius 1 is 0.944 bits per heavy atom. The lowest BCUT2D eigenvalue weighted by atomic mass is 9.96. The first-order valence-electron chi connectivity index (χ1n) is 6.12. The van der Waals surface area contributed by atoms with Crippen molar-refractivity contribution >= 4 is 11.9 Å². The molecule has 0 unspecified atom stereocenters. The fourth-order valence-electron chi connectivity index (χ4n) is 1.58. The highest BCUT2D eigenvalue weighted by Crippen LogP contribution is 2.21. The summed E-state index contributed by atoms with van der Waals surface area (Å²) >= 11 is 0. The van der Waals surface area contributed by atoms with E-state index < -0.39 is 11.9 Å². The third kappa shape index (κ3) is 5.17. The number of carboxylic acids is 2. The summed E-state index contributed by atoms with van der Waals surface area (Å²) < 4.78 is 0. The first-order valence-corrected chi connectivity index (χ1v) is 6.12. The summed E-state index contributed by atoms with van der Waals surface area (Å²) in [5.74, 6) is -1.95. The summed E-state index contributed by atoms with van der Waals surface area (Å²) in [4.78, 5) is 22.0. The summed E-state index contributed by atoms with van der Waals surface area (Å²) in [5.41, 5.74) is 1.97. The van der Waals surface area contributed by atoms with E-state index in [0.717, 1.165) is 24.8 Å². The van der Waals surface area contributed by atoms with Gasteiger partial charge in [-0.15, -0.1) is 0 Å². The number of allylic oxidation sites excluding steroid dienone is 2. The molecule has 0 aromatic heterocycles. The number of hydrogen-bond acceptors (Lipinski definition) is 2. The largest absolute Gasteiger partial charge is 0.478 e. The molecule has 0 aromatic rings. The van der Waals surface area contributed by atoms with Gasteiger partial charge in [0.2, 0.25) is 0 Å². The molecule has 18 heavy (non-hydrogen) atoms. The maximum atomic E-state index is 11.2. The van der Waals surface area contributed by atoms with Crippen LogP contribution in [0.25, 0.3) is 0 Å². The summed E-state index contributed by atoms with van der Waals surface area (Å²) in [5, 5.41) is 18.0. The molecule has 4 nitrogen and oxygen atoms in total. The Kier molecular flexibility index (Phi) is 7.01. The highest BCUT2D eigenvalue weighted by Gasteiger charge is 2.14. The van der Waals surface area contributed by atoms with Gasteiger partial charge in [0.05, 0.1) is 0 Å². The molecule has 0 aromatic carbocycles. The van der Waals surface area contributed by atoms with Crippen LogP contribution in [0.3, 0.4) is 0 Å². The molecule has 0 radical (unpaired) electrons. The summed E-state index contributed by atoms with van der Waals surface area (Å²) in [6, 6.07) is 0. The third-order valence-corrected chi connectivity index (χ3v) is 3.08. The van der Waals surface area contributed by atoms with Crippen LogP contribution < -0.4 is 0 Å². The molecule has 0 saturated carbocycles. The molecule has 0 atom stereocenters. The highest BCUT2D eigenvalue weighted by molar-refractivity contribution is 5.90. The van der Waals surface area contributed by atoms with Crippen LogP contribution in [0, 0.1) is 0 Å². The van der Waals surface area contributed by atoms with Crippen LogP contribution in [0.1, 0.15) is 53.4 Å². The van der Waals surface area contributed by atoms with E-state index in [1.165, 1.54) is 6.92 Å². The molecular formula is C14H22O4. The lowest BCUT2D eigenvalue weighted by molar-refractivity contribution is -0.134. The van der Waals surface area contributed by atoms with Gasteiger partial charge in [-0.2, -0.15) is 0 Å². The van der Waals surface area contributed by atoms with E-state index >= 15 is 0 Å². The van der Waals surface area contributed by atoms with Crippen molar-refractivity contribution in [1.82, 2.24) is 0 Å². The van der Waals surface area contributed by atoms with Gasteiger partial charge in [0.1, 0.15) is 0 Å². The molecule has 0 spiro atoms. The highest BCUT2D eigenvalue weighted by atomic mass is 16.4. The number of rotatable bonds is 7. The van der Waals surface area contributed by atoms with Crippen molar-refractivity contribution in [2.75, 3.05) is 0 Å². The Bertz CT molecular complexity index is 389. The van der Waals surface area contributed by atoms with Gasteiger partial charge in [-0.05, 0) is 33.6 Å². The molecule has 0 aliphatic heterocycles. The Morgan fingerprint density at radius 2 is 1.50 bits per heavy atom. The summed E-state index contributed by atoms with van der Waals surface area (Å²) in [7, 11) is 0. The molecule has 0 saturated heterocycles. The maximum Gasteiger partial charge on any atom is 0.331 e. The van der Waals surface area contributed by atoms with Crippen molar-refractivity contribution in [2.45, 2.75) is 53.4 Å². The monoisotopic (exact) mass is 254 g/mol. The number of unbranched alkanes of at least 4 members (excludes halogenated alkanes) is 1. The van der Waals surface area contributed by atoms with E-state index in [9.17, 15) is 14.7 Å². The van der Waals surface area contributed by atoms with Crippen LogP contribution in [-0.4, -0.2) is 22.2 Å². The van der Waals surface area contributed by atoms with Gasteiger partial charge in [0.15, 0.2) is 0 Å². The topological polar surface area (TPSA) is 74.6 Å². The molecule has 102 valence electrons. The van der Waals surface area contributed by atoms with Gasteiger partial charge in [-0.3, -0.25) is 0 Å². The van der Waals surface area contributed by atoms with Gasteiger partial charge < -0.3 is 10.2 Å². The standard InChI is InChI=1S/C14H22O4/c1-5-6-7-9(2)12(14(17)18)8-10(3)11(4)13(15)16/h5-8H2,1-4H3,(H,15,16)(H,17,18). The Morgan fingerprint density at radius 3 is 1.89 bits per heavy atom. The Labute approximate surface area is 108 Å². The lowest BCUT2D eigenvalue weighted by Gasteiger charge is -2.10. The lowest BCUT2D eigenvalue weighted by Crippen LogP contribution is -2.07. The molecule has 4 heteroatoms. The second-order valence-corrected chi connectivity index (χ2v) is 4.55. The quantitative estimate of drug-likeness (QED) is 0.683. The summed E-state index contributed by atoms with van der Waals surface area (Å²) in [6.07, 6.45) is 2.90. The molecule has 0 fully saturated rings. The van der Waals surface area contributed by atoms with Crippen LogP contribution in [0.5, 0.6) is 0 Å². The van der Waals surface area contributed by atoms with Gasteiger partial charge in [-0.1, -0.05) is 24.5 Å². The van der Waals surface area contributed by atoms with E-state index in [2.05, 4.69) is 0 Å². The molecule has 0 bridgehead atoms. The smallest absolute Gasteiger partial charge is 0.331 e. The van der Waals surface area contributed by atoms with E-state index in [-0.39, 0.29) is 12.0 Å². The van der Waals surface area contributed by atoms with Crippen LogP contribution >= 0.6 is 0 Å². The molecular weight excluding hydrogens is 232 g/mol. The fraction of sp³-hybridized carbons (Fsp3) is 0.571. The van der Waals surface area contributed by atoms with E-state index in [1.54, 1.807) is 6.92 Å². The van der Waals surface area contributed by atoms with Crippen molar-refractivity contribution in [2.24, 2.45) is 0 Å². The number of hydrogen-bond donors (Lipinski definition) is 2. The zero-order valence-corrected chi connectivity index (χ0v) is 11.5. The van der Waals surface area contributed by atoms with E-state index in [1.807, 2.05) is 13.8 Å². The van der Waals surface area contributed by atoms with E-state index in [4.69, 9.17) is 5.11 Å². The van der Waals surface area contributed by atoms with Gasteiger partial charge in [0, 0.05) is 17.6 Å². The van der Waals surface area contributed by atoms with Gasteiger partial charge >= 0.3 is 11.9 Å². The van der Waals surface area contributed by atoms with Gasteiger partial charge in [-0.25, -0.2) is 9.59 Å². The predicted molar refractivity (Wildman–Crippen MR) is 70.5 cm³/mol. The van der Waals surface area contributed by atoms with Crippen molar-refractivity contribution in [3.8, 4) is 0 Å². The predicted octanol–water partition coefficient (Wildman–Crippen LogP) is 3.39. The second-order valence-electron chi connectivity index (χ2n) is 4.55. The zero-order valence-electron chi connectivity index (χ0n) is 11.5. The van der Waals surface area contributed by atoms with Gasteiger partial charge in [0.25, 0.3) is 0 Å². The van der Waals surface area contributed by atoms with Crippen molar-refractivity contribution in [3.63, 3.8) is 0 Å². The molecule has 0 amide bonds. The van der Waals surface area contributed by atoms with E-state index in [0.29, 0.717) is 11.1 Å². The molecule has 0 aliphatic rings. The first kappa shape index (κ1) is 16.4. The van der Waals surface area contributed by atoms with Crippen LogP contribution in [0.4, 0.5) is 0 Å².